The first kappa shape index (κ1) is 18.9. The lowest BCUT2D eigenvalue weighted by Gasteiger charge is -2.49. The van der Waals surface area contributed by atoms with Crippen LogP contribution in [0.25, 0.3) is 0 Å². The molecule has 10 nitrogen and oxygen atoms in total. The maximum absolute atomic E-state index is 13.7. The number of rotatable bonds is 1. The molecule has 0 radical (unpaired) electrons. The van der Waals surface area contributed by atoms with Gasteiger partial charge in [0.25, 0.3) is 5.91 Å². The minimum atomic E-state index is -2.99. The maximum Gasteiger partial charge on any atom is 0.256 e. The molecule has 0 saturated heterocycles. The number of benzene rings is 1. The van der Waals surface area contributed by atoms with Gasteiger partial charge in [0, 0.05) is 11.8 Å². The summed E-state index contributed by atoms with van der Waals surface area (Å²) in [5, 5.41) is 55.1. The number of carbonyl (C=O) groups is 4. The van der Waals surface area contributed by atoms with Crippen molar-refractivity contribution in [3.63, 3.8) is 0 Å². The maximum atomic E-state index is 13.7. The van der Waals surface area contributed by atoms with E-state index in [2.05, 4.69) is 0 Å². The quantitative estimate of drug-likeness (QED) is 0.230. The third-order valence-corrected chi connectivity index (χ3v) is 7.58. The monoisotopic (exact) mass is 415 g/mol. The fraction of sp³-hybridized carbons (Fsp3) is 0.400. The van der Waals surface area contributed by atoms with Crippen molar-refractivity contribution in [2.24, 2.45) is 23.0 Å². The number of aliphatic hydroxyl groups is 4. The van der Waals surface area contributed by atoms with E-state index < -0.39 is 86.4 Å². The van der Waals surface area contributed by atoms with Gasteiger partial charge < -0.3 is 31.3 Å². The van der Waals surface area contributed by atoms with E-state index in [1.54, 1.807) is 0 Å². The Balaban J connectivity index is 1.95. The molecule has 156 valence electrons. The van der Waals surface area contributed by atoms with Crippen LogP contribution in [0.1, 0.15) is 29.3 Å². The van der Waals surface area contributed by atoms with Crippen molar-refractivity contribution in [2.45, 2.75) is 30.1 Å². The Morgan fingerprint density at radius 3 is 2.30 bits per heavy atom. The van der Waals surface area contributed by atoms with Crippen molar-refractivity contribution in [1.82, 2.24) is 0 Å². The molecule has 0 aliphatic heterocycles. The molecule has 5 rings (SSSR count). The van der Waals surface area contributed by atoms with Crippen LogP contribution in [0.3, 0.4) is 0 Å². The second-order valence-electron chi connectivity index (χ2n) is 8.60. The first-order chi connectivity index (χ1) is 13.8. The molecule has 4 aliphatic carbocycles. The van der Waals surface area contributed by atoms with Crippen molar-refractivity contribution < 1.29 is 44.7 Å². The summed E-state index contributed by atoms with van der Waals surface area (Å²) in [6, 6.07) is 3.89. The highest BCUT2D eigenvalue weighted by molar-refractivity contribution is 6.37. The van der Waals surface area contributed by atoms with Crippen LogP contribution in [0, 0.1) is 17.3 Å². The van der Waals surface area contributed by atoms with E-state index in [0.717, 1.165) is 6.07 Å². The van der Waals surface area contributed by atoms with Gasteiger partial charge in [0.2, 0.25) is 5.78 Å². The molecule has 2 unspecified atom stereocenters. The molecular weight excluding hydrogens is 398 g/mol. The van der Waals surface area contributed by atoms with Crippen LogP contribution in [0.2, 0.25) is 0 Å². The Morgan fingerprint density at radius 2 is 1.70 bits per heavy atom. The lowest BCUT2D eigenvalue weighted by molar-refractivity contribution is -0.164. The van der Waals surface area contributed by atoms with E-state index in [9.17, 15) is 44.7 Å². The van der Waals surface area contributed by atoms with Gasteiger partial charge in [-0.15, -0.1) is 0 Å². The fourth-order valence-corrected chi connectivity index (χ4v) is 6.39. The summed E-state index contributed by atoms with van der Waals surface area (Å²) >= 11 is 0. The number of phenolic OH excluding ortho intramolecular Hbond substituents is 1. The third kappa shape index (κ3) is 1.43. The van der Waals surface area contributed by atoms with E-state index >= 15 is 0 Å². The summed E-state index contributed by atoms with van der Waals surface area (Å²) in [6.07, 6.45) is -0.394. The topological polar surface area (TPSA) is 195 Å². The Kier molecular flexibility index (Phi) is 3.03. The Labute approximate surface area is 168 Å². The van der Waals surface area contributed by atoms with Crippen LogP contribution >= 0.6 is 0 Å². The molecule has 1 spiro atoms. The summed E-state index contributed by atoms with van der Waals surface area (Å²) in [5.74, 6) is -10.5. The van der Waals surface area contributed by atoms with Crippen LogP contribution in [-0.4, -0.2) is 60.0 Å². The van der Waals surface area contributed by atoms with Crippen molar-refractivity contribution in [2.75, 3.05) is 0 Å². The van der Waals surface area contributed by atoms with Gasteiger partial charge >= 0.3 is 0 Å². The first-order valence-corrected chi connectivity index (χ1v) is 9.19. The number of phenols is 1. The second-order valence-corrected chi connectivity index (χ2v) is 8.60. The molecule has 4 aliphatic rings. The molecule has 1 aromatic rings. The number of fused-ring (bicyclic) bond motifs is 1. The number of amides is 1. The van der Waals surface area contributed by atoms with Crippen molar-refractivity contribution in [3.05, 3.63) is 40.7 Å². The number of aromatic hydroxyl groups is 1. The minimum absolute atomic E-state index is 0.00136. The normalized spacial score (nSPS) is 43.7. The number of ketones is 3. The fourth-order valence-electron chi connectivity index (χ4n) is 6.39. The molecule has 1 aromatic carbocycles. The molecule has 6 atom stereocenters. The molecular formula is C20H17NO9. The van der Waals surface area contributed by atoms with Gasteiger partial charge in [0.05, 0.1) is 11.2 Å². The van der Waals surface area contributed by atoms with Crippen LogP contribution in [0.5, 0.6) is 5.75 Å². The standard InChI is InChI=1S/C20H17NO9/c1-17(28)6-3-2-4-7(22)10(6)12(23)18-8(17)5-9-19(29,16(18)27)13(24)11(15(21)26)14(25)20(9,18)30/h2-4,8-9,22,25,28-30H,5H2,1H3,(H2,21,26)/t8?,9-,17-,18?,19-,20+/m1/s1. The molecule has 30 heavy (non-hydrogen) atoms. The van der Waals surface area contributed by atoms with Gasteiger partial charge in [0.15, 0.2) is 17.2 Å². The van der Waals surface area contributed by atoms with E-state index in [1.807, 2.05) is 0 Å². The summed E-state index contributed by atoms with van der Waals surface area (Å²) in [6.45, 7) is 1.27. The third-order valence-electron chi connectivity index (χ3n) is 7.58. The van der Waals surface area contributed by atoms with Crippen LogP contribution in [-0.2, 0) is 20.0 Å². The van der Waals surface area contributed by atoms with Gasteiger partial charge in [-0.1, -0.05) is 12.1 Å². The number of aliphatic hydroxyl groups excluding tert-OH is 1. The number of hydrogen-bond acceptors (Lipinski definition) is 9. The minimum Gasteiger partial charge on any atom is -0.508 e. The molecule has 1 amide bonds. The van der Waals surface area contributed by atoms with Gasteiger partial charge in [-0.2, -0.15) is 0 Å². The molecule has 2 fully saturated rings. The van der Waals surface area contributed by atoms with Crippen LogP contribution < -0.4 is 5.73 Å². The first-order valence-electron chi connectivity index (χ1n) is 9.19. The molecule has 2 saturated carbocycles. The van der Waals surface area contributed by atoms with Gasteiger partial charge in [0.1, 0.15) is 28.1 Å². The zero-order chi connectivity index (χ0) is 22.2. The zero-order valence-electron chi connectivity index (χ0n) is 15.5. The summed E-state index contributed by atoms with van der Waals surface area (Å²) in [5.41, 5.74) is -7.04. The average Bonchev–Trinajstić information content (AvgIpc) is 3.02. The predicted octanol–water partition coefficient (Wildman–Crippen LogP) is -1.66. The van der Waals surface area contributed by atoms with E-state index in [-0.39, 0.29) is 5.56 Å². The Hall–Kier alpha value is -3.08. The molecule has 10 heteroatoms. The molecule has 7 N–H and O–H groups in total. The zero-order valence-corrected chi connectivity index (χ0v) is 15.5. The number of hydrogen-bond donors (Lipinski definition) is 6. The average molecular weight is 415 g/mol. The van der Waals surface area contributed by atoms with E-state index in [1.165, 1.54) is 19.1 Å². The van der Waals surface area contributed by atoms with E-state index in [4.69, 9.17) is 5.73 Å². The van der Waals surface area contributed by atoms with Crippen molar-refractivity contribution in [3.8, 4) is 5.75 Å². The van der Waals surface area contributed by atoms with E-state index in [0.29, 0.717) is 0 Å². The lowest BCUT2D eigenvalue weighted by atomic mass is 9.53. The highest BCUT2D eigenvalue weighted by Crippen LogP contribution is 2.75. The molecule has 0 aromatic heterocycles. The number of carbonyl (C=O) groups excluding carboxylic acids is 4. The van der Waals surface area contributed by atoms with Gasteiger partial charge in [-0.25, -0.2) is 0 Å². The van der Waals surface area contributed by atoms with Gasteiger partial charge in [-0.3, -0.25) is 19.2 Å². The lowest BCUT2D eigenvalue weighted by Crippen LogP contribution is -2.64. The molecule has 0 heterocycles. The Bertz CT molecular complexity index is 1170. The smallest absolute Gasteiger partial charge is 0.256 e. The molecule has 4 bridgehead atoms. The van der Waals surface area contributed by atoms with Crippen LogP contribution in [0.15, 0.2) is 29.5 Å². The summed E-state index contributed by atoms with van der Waals surface area (Å²) in [4.78, 5) is 51.9. The largest absolute Gasteiger partial charge is 0.508 e. The predicted molar refractivity (Wildman–Crippen MR) is 94.8 cm³/mol. The van der Waals surface area contributed by atoms with Gasteiger partial charge in [-0.05, 0) is 25.0 Å². The van der Waals surface area contributed by atoms with Crippen molar-refractivity contribution >= 4 is 23.3 Å². The highest BCUT2D eigenvalue weighted by atomic mass is 16.4. The SMILES string of the molecule is C[C@@]1(O)c2cccc(O)c2C(=O)C23C(=O)[C@]4(O)C(=O)C(C(N)=O)=C(O)[C@@]2(O)[C@@H]4CC31. The highest BCUT2D eigenvalue weighted by Gasteiger charge is 2.92. The van der Waals surface area contributed by atoms with Crippen molar-refractivity contribution in [1.29, 1.82) is 0 Å². The summed E-state index contributed by atoms with van der Waals surface area (Å²) < 4.78 is 0. The van der Waals surface area contributed by atoms with Crippen LogP contribution in [0.4, 0.5) is 0 Å². The Morgan fingerprint density at radius 1 is 1.07 bits per heavy atom. The number of nitrogens with two attached hydrogens (primary N) is 1. The second kappa shape index (κ2) is 4.80. The number of primary amides is 1. The number of Topliss-reactive ketones (excluding diaryl/α,β-unsaturated/α-hetero) is 3. The summed E-state index contributed by atoms with van der Waals surface area (Å²) in [7, 11) is 0.